The molecule has 0 aromatic heterocycles. The van der Waals surface area contributed by atoms with Crippen molar-refractivity contribution in [3.63, 3.8) is 0 Å². The Hall–Kier alpha value is -1.29. The van der Waals surface area contributed by atoms with Gasteiger partial charge in [-0.1, -0.05) is 0 Å². The van der Waals surface area contributed by atoms with Crippen LogP contribution >= 0.6 is 0 Å². The van der Waals surface area contributed by atoms with Gasteiger partial charge in [-0.25, -0.2) is 4.39 Å². The Labute approximate surface area is 94.7 Å². The van der Waals surface area contributed by atoms with E-state index >= 15 is 0 Å². The molecule has 0 saturated carbocycles. The summed E-state index contributed by atoms with van der Waals surface area (Å²) in [5, 5.41) is 15.2. The van der Waals surface area contributed by atoms with Crippen molar-refractivity contribution >= 4 is 5.69 Å². The Kier molecular flexibility index (Phi) is 3.29. The fourth-order valence-corrected chi connectivity index (χ4v) is 1.92. The van der Waals surface area contributed by atoms with Crippen LogP contribution in [0.15, 0.2) is 24.3 Å². The lowest BCUT2D eigenvalue weighted by atomic mass is 9.96. The molecule has 0 spiro atoms. The van der Waals surface area contributed by atoms with Crippen LogP contribution in [0.5, 0.6) is 5.75 Å². The standard InChI is InChI=1S/C12H17FN2O/c13-12(6-1-7-14-8-12)9-15-10-2-4-11(16)5-3-10/h2-5,14-16H,1,6-9H2. The maximum atomic E-state index is 14.2. The first-order valence-corrected chi connectivity index (χ1v) is 5.61. The van der Waals surface area contributed by atoms with E-state index < -0.39 is 5.67 Å². The van der Waals surface area contributed by atoms with E-state index in [9.17, 15) is 4.39 Å². The number of hydrogen-bond donors (Lipinski definition) is 3. The summed E-state index contributed by atoms with van der Waals surface area (Å²) in [7, 11) is 0. The lowest BCUT2D eigenvalue weighted by molar-refractivity contribution is 0.137. The van der Waals surface area contributed by atoms with Crippen LogP contribution in [0.3, 0.4) is 0 Å². The molecule has 1 unspecified atom stereocenters. The van der Waals surface area contributed by atoms with Crippen LogP contribution in [0.1, 0.15) is 12.8 Å². The Bertz CT molecular complexity index is 333. The molecule has 1 aromatic carbocycles. The summed E-state index contributed by atoms with van der Waals surface area (Å²) < 4.78 is 14.2. The van der Waals surface area contributed by atoms with Gasteiger partial charge in [-0.05, 0) is 43.7 Å². The van der Waals surface area contributed by atoms with Gasteiger partial charge in [0.1, 0.15) is 11.4 Å². The molecule has 1 aromatic rings. The first-order valence-electron chi connectivity index (χ1n) is 5.61. The molecule has 3 nitrogen and oxygen atoms in total. The molecule has 1 heterocycles. The van der Waals surface area contributed by atoms with E-state index in [1.165, 1.54) is 0 Å². The van der Waals surface area contributed by atoms with E-state index in [0.29, 0.717) is 19.5 Å². The SMILES string of the molecule is Oc1ccc(NCC2(F)CCCNC2)cc1. The third kappa shape index (κ3) is 2.85. The van der Waals surface area contributed by atoms with Gasteiger partial charge in [-0.15, -0.1) is 0 Å². The average molecular weight is 224 g/mol. The van der Waals surface area contributed by atoms with Gasteiger partial charge in [0.05, 0.1) is 6.54 Å². The molecule has 1 atom stereocenters. The lowest BCUT2D eigenvalue weighted by Crippen LogP contribution is -2.46. The molecule has 3 N–H and O–H groups in total. The Morgan fingerprint density at radius 3 is 2.75 bits per heavy atom. The third-order valence-electron chi connectivity index (χ3n) is 2.90. The molecule has 16 heavy (non-hydrogen) atoms. The van der Waals surface area contributed by atoms with Crippen molar-refractivity contribution in [1.82, 2.24) is 5.32 Å². The topological polar surface area (TPSA) is 44.3 Å². The smallest absolute Gasteiger partial charge is 0.140 e. The van der Waals surface area contributed by atoms with Crippen LogP contribution in [0.2, 0.25) is 0 Å². The van der Waals surface area contributed by atoms with Crippen LogP contribution in [-0.4, -0.2) is 30.4 Å². The van der Waals surface area contributed by atoms with E-state index in [4.69, 9.17) is 5.11 Å². The number of phenols is 1. The zero-order valence-electron chi connectivity index (χ0n) is 9.17. The Morgan fingerprint density at radius 1 is 1.38 bits per heavy atom. The summed E-state index contributed by atoms with van der Waals surface area (Å²) in [6.45, 7) is 1.63. The van der Waals surface area contributed by atoms with Crippen molar-refractivity contribution < 1.29 is 9.50 Å². The second-order valence-electron chi connectivity index (χ2n) is 4.33. The molecular formula is C12H17FN2O. The van der Waals surface area contributed by atoms with Gasteiger partial charge >= 0.3 is 0 Å². The van der Waals surface area contributed by atoms with E-state index in [-0.39, 0.29) is 5.75 Å². The van der Waals surface area contributed by atoms with Gasteiger partial charge in [-0.3, -0.25) is 0 Å². The van der Waals surface area contributed by atoms with E-state index in [2.05, 4.69) is 10.6 Å². The highest BCUT2D eigenvalue weighted by molar-refractivity contribution is 5.46. The molecule has 4 heteroatoms. The largest absolute Gasteiger partial charge is 0.508 e. The molecule has 0 bridgehead atoms. The van der Waals surface area contributed by atoms with Gasteiger partial charge in [-0.2, -0.15) is 0 Å². The molecule has 0 aliphatic carbocycles. The second kappa shape index (κ2) is 4.70. The molecule has 1 aliphatic rings. The zero-order valence-corrected chi connectivity index (χ0v) is 9.17. The van der Waals surface area contributed by atoms with Crippen LogP contribution in [0, 0.1) is 0 Å². The number of aromatic hydroxyl groups is 1. The van der Waals surface area contributed by atoms with Crippen LogP contribution in [0.4, 0.5) is 10.1 Å². The number of benzene rings is 1. The molecule has 1 aliphatic heterocycles. The molecule has 0 amide bonds. The fourth-order valence-electron chi connectivity index (χ4n) is 1.92. The fraction of sp³-hybridized carbons (Fsp3) is 0.500. The lowest BCUT2D eigenvalue weighted by Gasteiger charge is -2.30. The maximum absolute atomic E-state index is 14.2. The summed E-state index contributed by atoms with van der Waals surface area (Å²) in [5.74, 6) is 0.222. The summed E-state index contributed by atoms with van der Waals surface area (Å²) in [4.78, 5) is 0. The minimum absolute atomic E-state index is 0.222. The third-order valence-corrected chi connectivity index (χ3v) is 2.90. The van der Waals surface area contributed by atoms with Gasteiger partial charge in [0.25, 0.3) is 0 Å². The second-order valence-corrected chi connectivity index (χ2v) is 4.33. The summed E-state index contributed by atoms with van der Waals surface area (Å²) in [5.41, 5.74) is -0.323. The number of halogens is 1. The summed E-state index contributed by atoms with van der Waals surface area (Å²) in [6.07, 6.45) is 1.48. The molecular weight excluding hydrogens is 207 g/mol. The van der Waals surface area contributed by atoms with Crippen molar-refractivity contribution in [3.8, 4) is 5.75 Å². The minimum atomic E-state index is -1.16. The summed E-state index contributed by atoms with van der Waals surface area (Å²) in [6, 6.07) is 6.67. The van der Waals surface area contributed by atoms with E-state index in [1.54, 1.807) is 24.3 Å². The van der Waals surface area contributed by atoms with Gasteiger partial charge < -0.3 is 15.7 Å². The highest BCUT2D eigenvalue weighted by atomic mass is 19.1. The maximum Gasteiger partial charge on any atom is 0.140 e. The molecule has 88 valence electrons. The van der Waals surface area contributed by atoms with Gasteiger partial charge in [0, 0.05) is 12.2 Å². The first-order chi connectivity index (χ1) is 7.68. The van der Waals surface area contributed by atoms with Crippen molar-refractivity contribution in [2.24, 2.45) is 0 Å². The molecule has 0 radical (unpaired) electrons. The van der Waals surface area contributed by atoms with E-state index in [1.807, 2.05) is 0 Å². The summed E-state index contributed by atoms with van der Waals surface area (Å²) >= 11 is 0. The number of alkyl halides is 1. The highest BCUT2D eigenvalue weighted by Gasteiger charge is 2.31. The normalized spacial score (nSPS) is 25.3. The minimum Gasteiger partial charge on any atom is -0.508 e. The van der Waals surface area contributed by atoms with Gasteiger partial charge in [0.2, 0.25) is 0 Å². The van der Waals surface area contributed by atoms with Crippen molar-refractivity contribution in [1.29, 1.82) is 0 Å². The first kappa shape index (κ1) is 11.2. The quantitative estimate of drug-likeness (QED) is 0.687. The van der Waals surface area contributed by atoms with E-state index in [0.717, 1.165) is 18.7 Å². The van der Waals surface area contributed by atoms with Crippen molar-refractivity contribution in [2.75, 3.05) is 25.0 Å². The number of piperidine rings is 1. The average Bonchev–Trinajstić information content (AvgIpc) is 2.29. The number of anilines is 1. The predicted octanol–water partition coefficient (Wildman–Crippen LogP) is 1.90. The molecule has 2 rings (SSSR count). The monoisotopic (exact) mass is 224 g/mol. The number of nitrogens with one attached hydrogen (secondary N) is 2. The Morgan fingerprint density at radius 2 is 2.12 bits per heavy atom. The number of rotatable bonds is 3. The van der Waals surface area contributed by atoms with Crippen molar-refractivity contribution in [2.45, 2.75) is 18.5 Å². The number of phenolic OH excluding ortho intramolecular Hbond substituents is 1. The molecule has 1 saturated heterocycles. The van der Waals surface area contributed by atoms with Gasteiger partial charge in [0.15, 0.2) is 0 Å². The highest BCUT2D eigenvalue weighted by Crippen LogP contribution is 2.22. The zero-order chi connectivity index (χ0) is 11.4. The van der Waals surface area contributed by atoms with Crippen LogP contribution in [0.25, 0.3) is 0 Å². The van der Waals surface area contributed by atoms with Crippen molar-refractivity contribution in [3.05, 3.63) is 24.3 Å². The van der Waals surface area contributed by atoms with Crippen LogP contribution in [-0.2, 0) is 0 Å². The Balaban J connectivity index is 1.88. The molecule has 1 fully saturated rings. The predicted molar refractivity (Wildman–Crippen MR) is 62.5 cm³/mol. The number of hydrogen-bond acceptors (Lipinski definition) is 3. The van der Waals surface area contributed by atoms with Crippen LogP contribution < -0.4 is 10.6 Å².